The van der Waals surface area contributed by atoms with E-state index in [4.69, 9.17) is 28.4 Å². The van der Waals surface area contributed by atoms with Gasteiger partial charge in [0, 0.05) is 12.8 Å². The second kappa shape index (κ2) is 38.1. The van der Waals surface area contributed by atoms with Crippen molar-refractivity contribution in [3.05, 3.63) is 12.2 Å². The van der Waals surface area contributed by atoms with Crippen LogP contribution in [0.2, 0.25) is 0 Å². The molecule has 2 fully saturated rings. The molecular weight excluding hydrogens is 841 g/mol. The lowest BCUT2D eigenvalue weighted by Crippen LogP contribution is -2.61. The molecule has 0 radical (unpaired) electrons. The fourth-order valence-corrected chi connectivity index (χ4v) is 8.20. The van der Waals surface area contributed by atoms with Crippen molar-refractivity contribution in [3.63, 3.8) is 0 Å². The molecule has 0 aromatic heterocycles. The Kier molecular flexibility index (Phi) is 34.8. The minimum Gasteiger partial charge on any atom is -0.462 e. The average Bonchev–Trinajstić information content (AvgIpc) is 3.30. The molecule has 0 aromatic rings. The van der Waals surface area contributed by atoms with Crippen molar-refractivity contribution >= 4 is 11.9 Å². The van der Waals surface area contributed by atoms with Gasteiger partial charge < -0.3 is 64.2 Å². The monoisotopic (exact) mass is 933 g/mol. The van der Waals surface area contributed by atoms with Crippen molar-refractivity contribution in [2.45, 2.75) is 268 Å². The lowest BCUT2D eigenvalue weighted by Gasteiger charge is -2.42. The minimum atomic E-state index is -1.76. The van der Waals surface area contributed by atoms with Crippen LogP contribution < -0.4 is 0 Å². The molecule has 15 heteroatoms. The van der Waals surface area contributed by atoms with E-state index in [9.17, 15) is 45.3 Å². The average molecular weight is 933 g/mol. The Morgan fingerprint density at radius 1 is 0.477 bits per heavy atom. The standard InChI is InChI=1S/C50H92O15/c1-3-5-7-9-11-13-15-16-17-18-19-20-21-23-25-27-29-31-33-42(53)63-38(35-60-41(52)32-30-28-26-24-22-14-12-10-8-6-4-2)36-61-49-48(59)46(57)44(55)40(65-49)37-62-50-47(58)45(56)43(54)39(34-51)64-50/h10,12,38-40,43-51,54-59H,3-9,11,13-37H2,1-2H3/b12-10+/t38-,39+,40+,43-,44-,45?,46?,47?,48?,49+,50+/m1/s1. The summed E-state index contributed by atoms with van der Waals surface area (Å²) in [6.07, 6.45) is 19.6. The van der Waals surface area contributed by atoms with E-state index in [0.717, 1.165) is 57.8 Å². The maximum atomic E-state index is 13.0. The van der Waals surface area contributed by atoms with Gasteiger partial charge in [-0.15, -0.1) is 0 Å². The lowest BCUT2D eigenvalue weighted by atomic mass is 9.98. The highest BCUT2D eigenvalue weighted by Gasteiger charge is 2.47. The number of aliphatic hydroxyl groups excluding tert-OH is 7. The van der Waals surface area contributed by atoms with Gasteiger partial charge in [-0.05, 0) is 32.1 Å². The molecule has 11 atom stereocenters. The van der Waals surface area contributed by atoms with Crippen molar-refractivity contribution in [2.75, 3.05) is 26.4 Å². The third-order valence-corrected chi connectivity index (χ3v) is 12.5. The van der Waals surface area contributed by atoms with Crippen molar-refractivity contribution in [1.82, 2.24) is 0 Å². The third-order valence-electron chi connectivity index (χ3n) is 12.5. The molecule has 2 rings (SSSR count). The van der Waals surface area contributed by atoms with E-state index in [1.165, 1.54) is 103 Å². The summed E-state index contributed by atoms with van der Waals surface area (Å²) in [7, 11) is 0. The molecule has 7 N–H and O–H groups in total. The van der Waals surface area contributed by atoms with Crippen molar-refractivity contribution in [1.29, 1.82) is 0 Å². The van der Waals surface area contributed by atoms with Crippen LogP contribution in [0.15, 0.2) is 12.2 Å². The summed E-state index contributed by atoms with van der Waals surface area (Å²) < 4.78 is 33.5. The summed E-state index contributed by atoms with van der Waals surface area (Å²) in [6, 6.07) is 0. The fraction of sp³-hybridized carbons (Fsp3) is 0.920. The van der Waals surface area contributed by atoms with Gasteiger partial charge in [0.1, 0.15) is 55.4 Å². The van der Waals surface area contributed by atoms with Crippen LogP contribution in [-0.4, -0.2) is 142 Å². The molecule has 382 valence electrons. The third kappa shape index (κ3) is 26.5. The topological polar surface area (TPSA) is 231 Å². The quantitative estimate of drug-likeness (QED) is 0.0187. The van der Waals surface area contributed by atoms with Crippen LogP contribution >= 0.6 is 0 Å². The molecule has 2 heterocycles. The largest absolute Gasteiger partial charge is 0.462 e. The molecule has 65 heavy (non-hydrogen) atoms. The van der Waals surface area contributed by atoms with E-state index in [2.05, 4.69) is 26.0 Å². The van der Waals surface area contributed by atoms with Gasteiger partial charge in [-0.2, -0.15) is 0 Å². The molecular formula is C50H92O15. The summed E-state index contributed by atoms with van der Waals surface area (Å²) in [5, 5.41) is 72.0. The van der Waals surface area contributed by atoms with E-state index in [1.807, 2.05) is 0 Å². The maximum absolute atomic E-state index is 13.0. The number of carbonyl (C=O) groups is 2. The highest BCUT2D eigenvalue weighted by molar-refractivity contribution is 5.70. The first-order chi connectivity index (χ1) is 31.5. The van der Waals surface area contributed by atoms with Crippen LogP contribution in [0.3, 0.4) is 0 Å². The molecule has 0 aromatic carbocycles. The van der Waals surface area contributed by atoms with Crippen molar-refractivity contribution in [2.24, 2.45) is 0 Å². The Morgan fingerprint density at radius 3 is 1.40 bits per heavy atom. The van der Waals surface area contributed by atoms with Gasteiger partial charge in [0.2, 0.25) is 0 Å². The van der Waals surface area contributed by atoms with Crippen molar-refractivity contribution in [3.8, 4) is 0 Å². The molecule has 2 aliphatic rings. The molecule has 0 amide bonds. The first-order valence-electron chi connectivity index (χ1n) is 25.8. The Bertz CT molecular complexity index is 1190. The smallest absolute Gasteiger partial charge is 0.306 e. The predicted octanol–water partition coefficient (Wildman–Crippen LogP) is 6.99. The SMILES string of the molecule is CCCC/C=C/CCCCCCCC(=O)OC[C@H](CO[C@H]1O[C@@H](CO[C@H]2O[C@@H](CO)[C@@H](O)C(O)C2O)[C@@H](O)C(O)C1O)OC(=O)CCCCCCCCCCCCCCCCCCCC. The van der Waals surface area contributed by atoms with E-state index in [-0.39, 0.29) is 26.1 Å². The molecule has 2 saturated heterocycles. The van der Waals surface area contributed by atoms with Crippen LogP contribution in [0.25, 0.3) is 0 Å². The number of hydrogen-bond donors (Lipinski definition) is 7. The van der Waals surface area contributed by atoms with Gasteiger partial charge in [0.05, 0.1) is 19.8 Å². The summed E-state index contributed by atoms with van der Waals surface area (Å²) in [5.74, 6) is -0.927. The number of allylic oxidation sites excluding steroid dienone is 2. The van der Waals surface area contributed by atoms with E-state index in [1.54, 1.807) is 0 Å². The summed E-state index contributed by atoms with van der Waals surface area (Å²) in [6.45, 7) is 2.56. The van der Waals surface area contributed by atoms with Gasteiger partial charge in [-0.3, -0.25) is 9.59 Å². The Balaban J connectivity index is 1.79. The Morgan fingerprint density at radius 2 is 0.892 bits per heavy atom. The zero-order valence-electron chi connectivity index (χ0n) is 40.2. The summed E-state index contributed by atoms with van der Waals surface area (Å²) in [5.41, 5.74) is 0. The van der Waals surface area contributed by atoms with Crippen LogP contribution in [0.4, 0.5) is 0 Å². The fourth-order valence-electron chi connectivity index (χ4n) is 8.20. The van der Waals surface area contributed by atoms with E-state index < -0.39 is 92.7 Å². The van der Waals surface area contributed by atoms with Crippen LogP contribution in [-0.2, 0) is 38.0 Å². The zero-order valence-corrected chi connectivity index (χ0v) is 40.2. The van der Waals surface area contributed by atoms with Crippen LogP contribution in [0.1, 0.15) is 200 Å². The molecule has 0 spiro atoms. The molecule has 4 unspecified atom stereocenters. The second-order valence-electron chi connectivity index (χ2n) is 18.4. The first kappa shape index (κ1) is 59.4. The maximum Gasteiger partial charge on any atom is 0.306 e. The highest BCUT2D eigenvalue weighted by atomic mass is 16.7. The predicted molar refractivity (Wildman–Crippen MR) is 248 cm³/mol. The number of carbonyl (C=O) groups excluding carboxylic acids is 2. The van der Waals surface area contributed by atoms with Gasteiger partial charge in [0.15, 0.2) is 18.7 Å². The number of aliphatic hydroxyl groups is 7. The number of ether oxygens (including phenoxy) is 6. The summed E-state index contributed by atoms with van der Waals surface area (Å²) in [4.78, 5) is 25.7. The zero-order chi connectivity index (χ0) is 47.5. The molecule has 0 aliphatic carbocycles. The minimum absolute atomic E-state index is 0.169. The molecule has 0 saturated carbocycles. The normalized spacial score (nSPS) is 26.4. The lowest BCUT2D eigenvalue weighted by molar-refractivity contribution is -0.332. The number of hydrogen-bond acceptors (Lipinski definition) is 15. The van der Waals surface area contributed by atoms with Gasteiger partial charge in [-0.1, -0.05) is 167 Å². The van der Waals surface area contributed by atoms with Gasteiger partial charge >= 0.3 is 11.9 Å². The molecule has 15 nitrogen and oxygen atoms in total. The first-order valence-corrected chi connectivity index (χ1v) is 25.8. The van der Waals surface area contributed by atoms with E-state index >= 15 is 0 Å². The van der Waals surface area contributed by atoms with Crippen molar-refractivity contribution < 1.29 is 73.8 Å². The van der Waals surface area contributed by atoms with Crippen LogP contribution in [0.5, 0.6) is 0 Å². The van der Waals surface area contributed by atoms with E-state index in [0.29, 0.717) is 12.8 Å². The molecule has 2 aliphatic heterocycles. The number of rotatable bonds is 40. The van der Waals surface area contributed by atoms with Gasteiger partial charge in [0.25, 0.3) is 0 Å². The van der Waals surface area contributed by atoms with Gasteiger partial charge in [-0.25, -0.2) is 0 Å². The van der Waals surface area contributed by atoms with Crippen LogP contribution in [0, 0.1) is 0 Å². The summed E-state index contributed by atoms with van der Waals surface area (Å²) >= 11 is 0. The number of esters is 2. The highest BCUT2D eigenvalue weighted by Crippen LogP contribution is 2.26. The Labute approximate surface area is 390 Å². The molecule has 0 bridgehead atoms. The second-order valence-corrected chi connectivity index (χ2v) is 18.4. The number of unbranched alkanes of at least 4 members (excludes halogenated alkanes) is 24. The Hall–Kier alpha value is -1.76.